The molecule has 4 aliphatic heterocycles. The average molecular weight is 498 g/mol. The number of hydrogen-bond donors (Lipinski definition) is 2. The minimum atomic E-state index is -3.32. The van der Waals surface area contributed by atoms with Crippen LogP contribution in [0, 0.1) is 5.92 Å². The number of likely N-dealkylation sites (tertiary alicyclic amines) is 1. The molecule has 11 nitrogen and oxygen atoms in total. The number of aliphatic hydroxyl groups is 2. The molecule has 0 aromatic carbocycles. The number of nitrogens with zero attached hydrogens (tertiary/aromatic N) is 3. The van der Waals surface area contributed by atoms with Crippen LogP contribution in [0.5, 0.6) is 0 Å². The number of amides is 1. The van der Waals surface area contributed by atoms with Gasteiger partial charge in [0.05, 0.1) is 12.2 Å². The van der Waals surface area contributed by atoms with Crippen LogP contribution in [0.4, 0.5) is 0 Å². The molecule has 4 heterocycles. The lowest BCUT2D eigenvalue weighted by Crippen LogP contribution is -2.42. The molecule has 2 N–H and O–H groups in total. The second kappa shape index (κ2) is 8.81. The Morgan fingerprint density at radius 2 is 1.68 bits per heavy atom. The number of hydrogen-bond acceptors (Lipinski definition) is 10. The Bertz CT molecular complexity index is 932. The van der Waals surface area contributed by atoms with Crippen LogP contribution in [0.3, 0.4) is 0 Å². The molecule has 12 heteroatoms. The lowest BCUT2D eigenvalue weighted by atomic mass is 10.1. The van der Waals surface area contributed by atoms with Gasteiger partial charge >= 0.3 is 17.2 Å². The van der Waals surface area contributed by atoms with E-state index in [9.17, 15) is 24.6 Å². The van der Waals surface area contributed by atoms with E-state index in [1.165, 1.54) is 0 Å². The van der Waals surface area contributed by atoms with Crippen LogP contribution in [0.1, 0.15) is 46.0 Å². The molecule has 1 amide bonds. The van der Waals surface area contributed by atoms with Crippen molar-refractivity contribution in [3.8, 4) is 0 Å². The number of fused-ring (bicyclic) bond motifs is 1. The fourth-order valence-electron chi connectivity index (χ4n) is 4.65. The van der Waals surface area contributed by atoms with Crippen LogP contribution in [-0.2, 0) is 27.5 Å². The molecule has 2 saturated heterocycles. The van der Waals surface area contributed by atoms with Gasteiger partial charge in [0.2, 0.25) is 5.91 Å². The van der Waals surface area contributed by atoms with Gasteiger partial charge in [0, 0.05) is 38.0 Å². The van der Waals surface area contributed by atoms with Crippen LogP contribution >= 0.6 is 10.6 Å². The Balaban J connectivity index is 1.44. The van der Waals surface area contributed by atoms with Crippen molar-refractivity contribution in [3.05, 3.63) is 10.6 Å². The lowest BCUT2D eigenvalue weighted by molar-refractivity contribution is -0.156. The van der Waals surface area contributed by atoms with Crippen molar-refractivity contribution < 1.29 is 37.7 Å². The van der Waals surface area contributed by atoms with Gasteiger partial charge in [-0.15, -0.1) is 0 Å². The second-order valence-corrected chi connectivity index (χ2v) is 11.9. The van der Waals surface area contributed by atoms with Gasteiger partial charge < -0.3 is 33.1 Å². The number of ether oxygens (including phenoxy) is 1. The van der Waals surface area contributed by atoms with Crippen molar-refractivity contribution in [1.29, 1.82) is 0 Å². The predicted octanol–water partition coefficient (Wildman–Crippen LogP) is 0.556. The van der Waals surface area contributed by atoms with Gasteiger partial charge in [-0.2, -0.15) is 4.99 Å². The van der Waals surface area contributed by atoms with Crippen LogP contribution in [-0.4, -0.2) is 93.6 Å². The van der Waals surface area contributed by atoms with Gasteiger partial charge in [-0.05, 0) is 50.1 Å². The number of carbonyl (C=O) groups is 3. The zero-order valence-electron chi connectivity index (χ0n) is 19.3. The summed E-state index contributed by atoms with van der Waals surface area (Å²) in [6.07, 6.45) is -0.836. The highest BCUT2D eigenvalue weighted by Crippen LogP contribution is 2.66. The number of carbonyl (C=O) groups excluding carboxylic acids is 3. The summed E-state index contributed by atoms with van der Waals surface area (Å²) in [4.78, 5) is 47.0. The summed E-state index contributed by atoms with van der Waals surface area (Å²) in [6, 6.07) is 0.414. The highest BCUT2D eigenvalue weighted by Gasteiger charge is 2.55. The molecule has 1 saturated carbocycles. The molecule has 1 spiro atoms. The highest BCUT2D eigenvalue weighted by atomic mass is 32.3. The summed E-state index contributed by atoms with van der Waals surface area (Å²) in [5.41, 5.74) is 0.566. The molecule has 0 bridgehead atoms. The standard InChI is InChI=1S/C22H31N3O8S/c1-12(2)24-8-5-14(6-9-24)31-22-23-15-7-10-25(19(28)13-3-4-13)11-16(15)34(22)32-20(29)17(26)18(27)21(30)33-34/h12-14,17-18,26-27H,3-11H2,1-2H3. The fraction of sp³-hybridized carbons (Fsp3) is 0.727. The Kier molecular flexibility index (Phi) is 6.11. The van der Waals surface area contributed by atoms with E-state index >= 15 is 0 Å². The van der Waals surface area contributed by atoms with Gasteiger partial charge in [-0.3, -0.25) is 4.79 Å². The zero-order valence-corrected chi connectivity index (χ0v) is 20.2. The van der Waals surface area contributed by atoms with Gasteiger partial charge in [0.1, 0.15) is 11.0 Å². The van der Waals surface area contributed by atoms with Crippen LogP contribution in [0.2, 0.25) is 0 Å². The number of aliphatic hydroxyl groups excluding tert-OH is 2. The van der Waals surface area contributed by atoms with E-state index < -0.39 is 34.7 Å². The van der Waals surface area contributed by atoms with E-state index in [2.05, 4.69) is 23.7 Å². The SMILES string of the molecule is CC(C)N1CCC(OC2=NC3=C(CN(C(=O)C4CC4)CC3)S23OC(=O)C(O)C(O)C(=O)O3)CC1. The molecule has 5 aliphatic rings. The summed E-state index contributed by atoms with van der Waals surface area (Å²) in [5, 5.41) is 20.1. The van der Waals surface area contributed by atoms with E-state index in [1.807, 2.05) is 0 Å². The molecule has 0 aromatic rings. The lowest BCUT2D eigenvalue weighted by Gasteiger charge is -2.42. The van der Waals surface area contributed by atoms with Crippen molar-refractivity contribution >= 4 is 33.7 Å². The van der Waals surface area contributed by atoms with Crippen molar-refractivity contribution in [2.24, 2.45) is 10.9 Å². The van der Waals surface area contributed by atoms with Gasteiger partial charge in [0.25, 0.3) is 0 Å². The minimum absolute atomic E-state index is 0.000150. The third-order valence-electron chi connectivity index (χ3n) is 6.95. The van der Waals surface area contributed by atoms with E-state index in [0.29, 0.717) is 29.6 Å². The summed E-state index contributed by atoms with van der Waals surface area (Å²) < 4.78 is 17.5. The first-order chi connectivity index (χ1) is 16.2. The normalized spacial score (nSPS) is 34.9. The summed E-state index contributed by atoms with van der Waals surface area (Å²) in [7, 11) is -3.32. The molecular formula is C22H31N3O8S. The minimum Gasteiger partial charge on any atom is -0.461 e. The molecular weight excluding hydrogens is 466 g/mol. The second-order valence-electron chi connectivity index (χ2n) is 9.68. The predicted molar refractivity (Wildman–Crippen MR) is 121 cm³/mol. The topological polar surface area (TPSA) is 138 Å². The number of rotatable bonds is 3. The van der Waals surface area contributed by atoms with Crippen LogP contribution in [0.15, 0.2) is 15.6 Å². The third-order valence-corrected chi connectivity index (χ3v) is 9.41. The Morgan fingerprint density at radius 1 is 1.06 bits per heavy atom. The third kappa shape index (κ3) is 4.10. The first-order valence-corrected chi connectivity index (χ1v) is 13.3. The molecule has 0 radical (unpaired) electrons. The van der Waals surface area contributed by atoms with Gasteiger partial charge in [0.15, 0.2) is 12.2 Å². The van der Waals surface area contributed by atoms with Crippen LogP contribution < -0.4 is 0 Å². The first-order valence-electron chi connectivity index (χ1n) is 11.9. The maximum Gasteiger partial charge on any atom is 0.361 e. The van der Waals surface area contributed by atoms with Crippen molar-refractivity contribution in [2.45, 2.75) is 70.3 Å². The number of piperidine rings is 1. The molecule has 1 aliphatic carbocycles. The Morgan fingerprint density at radius 3 is 2.24 bits per heavy atom. The van der Waals surface area contributed by atoms with E-state index in [0.717, 1.165) is 38.8 Å². The van der Waals surface area contributed by atoms with E-state index in [-0.39, 0.29) is 29.7 Å². The zero-order chi connectivity index (χ0) is 24.2. The van der Waals surface area contributed by atoms with Crippen LogP contribution in [0.25, 0.3) is 0 Å². The maximum absolute atomic E-state index is 12.7. The molecule has 5 rings (SSSR count). The Hall–Kier alpha value is -2.15. The monoisotopic (exact) mass is 497 g/mol. The molecule has 2 unspecified atom stereocenters. The molecule has 2 atom stereocenters. The summed E-state index contributed by atoms with van der Waals surface area (Å²) in [5.74, 6) is -2.35. The average Bonchev–Trinajstić information content (AvgIpc) is 3.64. The van der Waals surface area contributed by atoms with Gasteiger partial charge in [-0.25, -0.2) is 9.59 Å². The molecule has 0 aromatic heterocycles. The molecule has 3 fully saturated rings. The van der Waals surface area contributed by atoms with Crippen molar-refractivity contribution in [3.63, 3.8) is 0 Å². The first kappa shape index (κ1) is 23.6. The maximum atomic E-state index is 12.7. The summed E-state index contributed by atoms with van der Waals surface area (Å²) >= 11 is 0. The summed E-state index contributed by atoms with van der Waals surface area (Å²) in [6.45, 7) is 6.47. The smallest absolute Gasteiger partial charge is 0.361 e. The largest absolute Gasteiger partial charge is 0.461 e. The quantitative estimate of drug-likeness (QED) is 0.572. The van der Waals surface area contributed by atoms with Gasteiger partial charge in [-0.1, -0.05) is 0 Å². The van der Waals surface area contributed by atoms with Crippen molar-refractivity contribution in [1.82, 2.24) is 9.80 Å². The highest BCUT2D eigenvalue weighted by molar-refractivity contribution is 8.41. The molecule has 188 valence electrons. The van der Waals surface area contributed by atoms with E-state index in [1.54, 1.807) is 4.90 Å². The number of aliphatic imine (C=N–C) groups is 1. The molecule has 34 heavy (non-hydrogen) atoms. The van der Waals surface area contributed by atoms with E-state index in [4.69, 9.17) is 13.1 Å². The Labute approximate surface area is 199 Å². The fourth-order valence-corrected chi connectivity index (χ4v) is 7.18. The van der Waals surface area contributed by atoms with Crippen molar-refractivity contribution in [2.75, 3.05) is 26.2 Å².